The van der Waals surface area contributed by atoms with E-state index in [1.165, 1.54) is 18.2 Å². The highest BCUT2D eigenvalue weighted by Crippen LogP contribution is 2.29. The van der Waals surface area contributed by atoms with Crippen molar-refractivity contribution in [1.82, 2.24) is 10.6 Å². The molecule has 2 saturated heterocycles. The van der Waals surface area contributed by atoms with Crippen LogP contribution in [-0.4, -0.2) is 52.4 Å². The summed E-state index contributed by atoms with van der Waals surface area (Å²) in [6.45, 7) is 7.20. The second-order valence-electron chi connectivity index (χ2n) is 9.72. The van der Waals surface area contributed by atoms with Crippen LogP contribution < -0.4 is 20.4 Å². The van der Waals surface area contributed by atoms with E-state index >= 15 is 0 Å². The van der Waals surface area contributed by atoms with E-state index in [0.717, 1.165) is 74.9 Å². The Bertz CT molecular complexity index is 1370. The van der Waals surface area contributed by atoms with Crippen molar-refractivity contribution in [3.8, 4) is 22.3 Å². The van der Waals surface area contributed by atoms with Crippen LogP contribution in [0.15, 0.2) is 91.0 Å². The molecule has 0 radical (unpaired) electrons. The SMILES string of the molecule is Fc1cc(-c2ccccc2)cc(N2CCNCC2)c1.Fc1cc(-c2ccccc2F)cc(N2CCNCC2)c1. The van der Waals surface area contributed by atoms with Crippen molar-refractivity contribution in [3.63, 3.8) is 0 Å². The quantitative estimate of drug-likeness (QED) is 0.342. The molecule has 202 valence electrons. The first-order valence-corrected chi connectivity index (χ1v) is 13.4. The molecule has 0 aliphatic carbocycles. The summed E-state index contributed by atoms with van der Waals surface area (Å²) in [6.07, 6.45) is 0. The molecule has 0 amide bonds. The number of hydrogen-bond acceptors (Lipinski definition) is 4. The molecule has 0 aromatic heterocycles. The molecule has 4 aromatic carbocycles. The van der Waals surface area contributed by atoms with Gasteiger partial charge < -0.3 is 20.4 Å². The van der Waals surface area contributed by atoms with Gasteiger partial charge in [0.25, 0.3) is 0 Å². The largest absolute Gasteiger partial charge is 0.369 e. The summed E-state index contributed by atoms with van der Waals surface area (Å²) in [7, 11) is 0. The maximum Gasteiger partial charge on any atom is 0.131 e. The fraction of sp³-hybridized carbons (Fsp3) is 0.250. The number of anilines is 2. The zero-order chi connectivity index (χ0) is 27.0. The van der Waals surface area contributed by atoms with Crippen LogP contribution in [0.2, 0.25) is 0 Å². The van der Waals surface area contributed by atoms with Crippen LogP contribution in [0, 0.1) is 17.5 Å². The number of halogens is 3. The highest BCUT2D eigenvalue weighted by atomic mass is 19.1. The maximum absolute atomic E-state index is 13.8. The lowest BCUT2D eigenvalue weighted by Crippen LogP contribution is -2.43. The Kier molecular flexibility index (Phi) is 8.81. The average Bonchev–Trinajstić information content (AvgIpc) is 2.98. The molecule has 4 aromatic rings. The normalized spacial score (nSPS) is 15.5. The van der Waals surface area contributed by atoms with Crippen molar-refractivity contribution >= 4 is 11.4 Å². The van der Waals surface area contributed by atoms with Gasteiger partial charge >= 0.3 is 0 Å². The lowest BCUT2D eigenvalue weighted by molar-refractivity contribution is 0.584. The monoisotopic (exact) mass is 530 g/mol. The van der Waals surface area contributed by atoms with Gasteiger partial charge in [0.2, 0.25) is 0 Å². The first-order chi connectivity index (χ1) is 19.1. The summed E-state index contributed by atoms with van der Waals surface area (Å²) < 4.78 is 41.5. The Morgan fingerprint density at radius 1 is 0.487 bits per heavy atom. The fourth-order valence-electron chi connectivity index (χ4n) is 5.01. The molecule has 2 heterocycles. The number of nitrogens with zero attached hydrogens (tertiary/aromatic N) is 2. The predicted molar refractivity (Wildman–Crippen MR) is 154 cm³/mol. The molecule has 0 bridgehead atoms. The summed E-state index contributed by atoms with van der Waals surface area (Å²) in [5, 5.41) is 6.57. The molecule has 6 rings (SSSR count). The third-order valence-electron chi connectivity index (χ3n) is 7.02. The van der Waals surface area contributed by atoms with Crippen LogP contribution in [0.3, 0.4) is 0 Å². The average molecular weight is 531 g/mol. The summed E-state index contributed by atoms with van der Waals surface area (Å²) in [4.78, 5) is 4.34. The van der Waals surface area contributed by atoms with E-state index in [9.17, 15) is 13.2 Å². The highest BCUT2D eigenvalue weighted by Gasteiger charge is 2.15. The minimum atomic E-state index is -0.334. The molecule has 2 fully saturated rings. The molecule has 4 nitrogen and oxygen atoms in total. The van der Waals surface area contributed by atoms with Crippen molar-refractivity contribution in [2.75, 3.05) is 62.2 Å². The fourth-order valence-corrected chi connectivity index (χ4v) is 5.01. The smallest absolute Gasteiger partial charge is 0.131 e. The summed E-state index contributed by atoms with van der Waals surface area (Å²) >= 11 is 0. The van der Waals surface area contributed by atoms with Crippen molar-refractivity contribution in [1.29, 1.82) is 0 Å². The summed E-state index contributed by atoms with van der Waals surface area (Å²) in [5.74, 6) is -0.835. The molecule has 0 spiro atoms. The van der Waals surface area contributed by atoms with E-state index in [4.69, 9.17) is 0 Å². The van der Waals surface area contributed by atoms with E-state index in [1.807, 2.05) is 36.4 Å². The van der Waals surface area contributed by atoms with Gasteiger partial charge in [0.1, 0.15) is 17.5 Å². The van der Waals surface area contributed by atoms with Crippen molar-refractivity contribution in [3.05, 3.63) is 108 Å². The van der Waals surface area contributed by atoms with Crippen molar-refractivity contribution in [2.45, 2.75) is 0 Å². The van der Waals surface area contributed by atoms with E-state index in [2.05, 4.69) is 26.5 Å². The molecule has 2 aliphatic heterocycles. The molecule has 2 aliphatic rings. The number of benzene rings is 4. The van der Waals surface area contributed by atoms with Gasteiger partial charge in [-0.1, -0.05) is 48.5 Å². The zero-order valence-electron chi connectivity index (χ0n) is 21.8. The second-order valence-corrected chi connectivity index (χ2v) is 9.72. The third kappa shape index (κ3) is 6.99. The van der Waals surface area contributed by atoms with E-state index < -0.39 is 0 Å². The minimum Gasteiger partial charge on any atom is -0.369 e. The predicted octanol–water partition coefficient (Wildman–Crippen LogP) is 5.94. The van der Waals surface area contributed by atoms with Crippen LogP contribution in [0.25, 0.3) is 22.3 Å². The lowest BCUT2D eigenvalue weighted by Gasteiger charge is -2.29. The van der Waals surface area contributed by atoms with Crippen LogP contribution in [0.4, 0.5) is 24.5 Å². The maximum atomic E-state index is 13.8. The Labute approximate surface area is 228 Å². The molecule has 2 N–H and O–H groups in total. The highest BCUT2D eigenvalue weighted by molar-refractivity contribution is 5.70. The zero-order valence-corrected chi connectivity index (χ0v) is 21.8. The molecule has 39 heavy (non-hydrogen) atoms. The van der Waals surface area contributed by atoms with Gasteiger partial charge in [0.05, 0.1) is 0 Å². The molecule has 0 atom stereocenters. The van der Waals surface area contributed by atoms with E-state index in [-0.39, 0.29) is 17.5 Å². The standard InChI is InChI=1S/C16H16F2N2.C16H17FN2/c17-13-9-12(15-3-1-2-4-16(15)18)10-14(11-13)20-7-5-19-6-8-20;17-15-10-14(13-4-2-1-3-5-13)11-16(12-15)19-8-6-18-7-9-19/h1-4,9-11,19H,5-8H2;1-5,10-12,18H,6-9H2. The first-order valence-electron chi connectivity index (χ1n) is 13.4. The molecule has 0 saturated carbocycles. The van der Waals surface area contributed by atoms with Crippen LogP contribution in [-0.2, 0) is 0 Å². The second kappa shape index (κ2) is 12.8. The van der Waals surface area contributed by atoms with Crippen LogP contribution in [0.5, 0.6) is 0 Å². The molecule has 0 unspecified atom stereocenters. The van der Waals surface area contributed by atoms with Gasteiger partial charge in [-0.2, -0.15) is 0 Å². The first kappa shape index (κ1) is 26.8. The Morgan fingerprint density at radius 2 is 0.974 bits per heavy atom. The molecular formula is C32H33F3N4. The molecule has 7 heteroatoms. The van der Waals surface area contributed by atoms with Gasteiger partial charge in [-0.25, -0.2) is 13.2 Å². The molecular weight excluding hydrogens is 497 g/mol. The summed E-state index contributed by atoms with van der Waals surface area (Å²) in [5.41, 5.74) is 4.79. The van der Waals surface area contributed by atoms with Crippen LogP contribution in [0.1, 0.15) is 0 Å². The van der Waals surface area contributed by atoms with Crippen LogP contribution >= 0.6 is 0 Å². The number of rotatable bonds is 4. The topological polar surface area (TPSA) is 30.5 Å². The van der Waals surface area contributed by atoms with Gasteiger partial charge in [-0.3, -0.25) is 0 Å². The number of hydrogen-bond donors (Lipinski definition) is 2. The van der Waals surface area contributed by atoms with Gasteiger partial charge in [-0.15, -0.1) is 0 Å². The van der Waals surface area contributed by atoms with E-state index in [0.29, 0.717) is 11.1 Å². The lowest BCUT2D eigenvalue weighted by atomic mass is 10.0. The van der Waals surface area contributed by atoms with Gasteiger partial charge in [0, 0.05) is 69.3 Å². The third-order valence-corrected chi connectivity index (χ3v) is 7.02. The Morgan fingerprint density at radius 3 is 1.54 bits per heavy atom. The van der Waals surface area contributed by atoms with Crippen molar-refractivity contribution < 1.29 is 13.2 Å². The Hall–Kier alpha value is -3.81. The van der Waals surface area contributed by atoms with Crippen molar-refractivity contribution in [2.24, 2.45) is 0 Å². The Balaban J connectivity index is 0.000000158. The van der Waals surface area contributed by atoms with Gasteiger partial charge in [-0.05, 0) is 59.2 Å². The minimum absolute atomic E-state index is 0.171. The number of nitrogens with one attached hydrogen (secondary N) is 2. The van der Waals surface area contributed by atoms with Gasteiger partial charge in [0.15, 0.2) is 0 Å². The summed E-state index contributed by atoms with van der Waals surface area (Å²) in [6, 6.07) is 26.4. The number of piperazine rings is 2. The van der Waals surface area contributed by atoms with E-state index in [1.54, 1.807) is 30.3 Å².